The van der Waals surface area contributed by atoms with Crippen LogP contribution in [0.1, 0.15) is 15.9 Å². The molecule has 0 aliphatic carbocycles. The number of nitrogens with one attached hydrogen (secondary N) is 1. The Morgan fingerprint density at radius 3 is 2.38 bits per heavy atom. The van der Waals surface area contributed by atoms with Gasteiger partial charge in [-0.15, -0.1) is 0 Å². The number of alkyl halides is 3. The zero-order valence-electron chi connectivity index (χ0n) is 11.6. The summed E-state index contributed by atoms with van der Waals surface area (Å²) in [4.78, 5) is 10.3. The summed E-state index contributed by atoms with van der Waals surface area (Å²) in [6.45, 7) is 0. The van der Waals surface area contributed by atoms with Gasteiger partial charge < -0.3 is 9.90 Å². The minimum Gasteiger partial charge on any atom is -0.545 e. The van der Waals surface area contributed by atoms with Gasteiger partial charge in [-0.3, -0.25) is 4.72 Å². The standard InChI is InChI=1S/C14H9ClF3NO4S/c15-11-5-4-9(14(16,17)18)7-12(11)19-24(22,23)10-3-1-2-8(6-10)13(20)21/h1-7,19H,(H,20,21)/p-1. The van der Waals surface area contributed by atoms with Crippen LogP contribution in [0, 0.1) is 0 Å². The predicted molar refractivity (Wildman–Crippen MR) is 78.0 cm³/mol. The first-order chi connectivity index (χ1) is 11.0. The Morgan fingerprint density at radius 1 is 1.12 bits per heavy atom. The molecule has 2 rings (SSSR count). The maximum atomic E-state index is 12.7. The molecule has 2 aromatic rings. The monoisotopic (exact) mass is 378 g/mol. The highest BCUT2D eigenvalue weighted by molar-refractivity contribution is 7.92. The van der Waals surface area contributed by atoms with Crippen molar-refractivity contribution in [3.63, 3.8) is 0 Å². The fourth-order valence-electron chi connectivity index (χ4n) is 1.77. The molecule has 1 N–H and O–H groups in total. The first kappa shape index (κ1) is 18.1. The minimum atomic E-state index is -4.68. The van der Waals surface area contributed by atoms with Crippen LogP contribution in [-0.4, -0.2) is 14.4 Å². The van der Waals surface area contributed by atoms with Crippen molar-refractivity contribution in [2.75, 3.05) is 4.72 Å². The molecule has 128 valence electrons. The largest absolute Gasteiger partial charge is 0.545 e. The van der Waals surface area contributed by atoms with Crippen molar-refractivity contribution in [2.24, 2.45) is 0 Å². The van der Waals surface area contributed by atoms with Gasteiger partial charge >= 0.3 is 6.18 Å². The number of anilines is 1. The lowest BCUT2D eigenvalue weighted by molar-refractivity contribution is -0.255. The van der Waals surface area contributed by atoms with Gasteiger partial charge in [0.2, 0.25) is 0 Å². The Balaban J connectivity index is 2.43. The Labute approximate surface area is 139 Å². The van der Waals surface area contributed by atoms with Crippen molar-refractivity contribution in [3.05, 3.63) is 58.6 Å². The summed E-state index contributed by atoms with van der Waals surface area (Å²) in [6, 6.07) is 6.33. The van der Waals surface area contributed by atoms with Crippen molar-refractivity contribution in [3.8, 4) is 0 Å². The highest BCUT2D eigenvalue weighted by Crippen LogP contribution is 2.34. The molecule has 0 spiro atoms. The van der Waals surface area contributed by atoms with Crippen molar-refractivity contribution >= 4 is 33.3 Å². The van der Waals surface area contributed by atoms with Crippen LogP contribution in [-0.2, 0) is 16.2 Å². The molecule has 0 aliphatic rings. The summed E-state index contributed by atoms with van der Waals surface area (Å²) >= 11 is 5.72. The zero-order chi connectivity index (χ0) is 18.1. The van der Waals surface area contributed by atoms with E-state index in [2.05, 4.69) is 0 Å². The highest BCUT2D eigenvalue weighted by atomic mass is 35.5. The van der Waals surface area contributed by atoms with Gasteiger partial charge in [-0.1, -0.05) is 23.7 Å². The fraction of sp³-hybridized carbons (Fsp3) is 0.0714. The number of benzene rings is 2. The average molecular weight is 379 g/mol. The van der Waals surface area contributed by atoms with Gasteiger partial charge in [0.05, 0.1) is 27.1 Å². The topological polar surface area (TPSA) is 86.3 Å². The van der Waals surface area contributed by atoms with E-state index in [4.69, 9.17) is 11.6 Å². The first-order valence-corrected chi connectivity index (χ1v) is 8.08. The van der Waals surface area contributed by atoms with E-state index < -0.39 is 43.9 Å². The van der Waals surface area contributed by atoms with Crippen LogP contribution >= 0.6 is 11.6 Å². The third-order valence-electron chi connectivity index (χ3n) is 2.92. The Morgan fingerprint density at radius 2 is 1.79 bits per heavy atom. The lowest BCUT2D eigenvalue weighted by Crippen LogP contribution is -2.23. The molecule has 0 radical (unpaired) electrons. The molecule has 24 heavy (non-hydrogen) atoms. The maximum absolute atomic E-state index is 12.7. The molecule has 5 nitrogen and oxygen atoms in total. The van der Waals surface area contributed by atoms with Crippen LogP contribution in [0.5, 0.6) is 0 Å². The summed E-state index contributed by atoms with van der Waals surface area (Å²) in [5, 5.41) is 10.5. The van der Waals surface area contributed by atoms with Gasteiger partial charge in [0.25, 0.3) is 10.0 Å². The van der Waals surface area contributed by atoms with Gasteiger partial charge in [-0.2, -0.15) is 13.2 Å². The average Bonchev–Trinajstić information content (AvgIpc) is 2.48. The summed E-state index contributed by atoms with van der Waals surface area (Å²) in [5.41, 5.74) is -1.97. The van der Waals surface area contributed by atoms with E-state index in [-0.39, 0.29) is 5.02 Å². The quantitative estimate of drug-likeness (QED) is 0.885. The number of hydrogen-bond acceptors (Lipinski definition) is 4. The van der Waals surface area contributed by atoms with E-state index in [1.165, 1.54) is 0 Å². The molecule has 0 saturated carbocycles. The van der Waals surface area contributed by atoms with Crippen molar-refractivity contribution in [1.29, 1.82) is 0 Å². The van der Waals surface area contributed by atoms with E-state index in [0.717, 1.165) is 30.3 Å². The molecule has 0 saturated heterocycles. The maximum Gasteiger partial charge on any atom is 0.416 e. The zero-order valence-corrected chi connectivity index (χ0v) is 13.2. The smallest absolute Gasteiger partial charge is 0.416 e. The summed E-state index contributed by atoms with van der Waals surface area (Å²) < 4.78 is 64.5. The second-order valence-corrected chi connectivity index (χ2v) is 6.70. The van der Waals surface area contributed by atoms with Gasteiger partial charge in [0.15, 0.2) is 0 Å². The summed E-state index contributed by atoms with van der Waals surface area (Å²) in [7, 11) is -4.35. The van der Waals surface area contributed by atoms with E-state index in [0.29, 0.717) is 12.1 Å². The molecule has 0 bridgehead atoms. The number of hydrogen-bond donors (Lipinski definition) is 1. The van der Waals surface area contributed by atoms with Gasteiger partial charge in [0, 0.05) is 0 Å². The molecule has 0 aromatic heterocycles. The number of carbonyl (C=O) groups is 1. The van der Waals surface area contributed by atoms with E-state index in [1.54, 1.807) is 0 Å². The predicted octanol–water partition coefficient (Wildman–Crippen LogP) is 2.52. The minimum absolute atomic E-state index is 0.248. The molecule has 0 unspecified atom stereocenters. The van der Waals surface area contributed by atoms with Crippen LogP contribution in [0.3, 0.4) is 0 Å². The van der Waals surface area contributed by atoms with Crippen LogP contribution in [0.15, 0.2) is 47.4 Å². The normalized spacial score (nSPS) is 12.0. The van der Waals surface area contributed by atoms with Crippen LogP contribution in [0.25, 0.3) is 0 Å². The molecule has 0 aliphatic heterocycles. The second kappa shape index (κ2) is 6.33. The molecule has 0 atom stereocenters. The van der Waals surface area contributed by atoms with E-state index >= 15 is 0 Å². The Bertz CT molecular complexity index is 897. The molecule has 2 aromatic carbocycles. The Kier molecular flexibility index (Phi) is 4.77. The molecular weight excluding hydrogens is 371 g/mol. The molecule has 0 amide bonds. The third-order valence-corrected chi connectivity index (χ3v) is 4.61. The lowest BCUT2D eigenvalue weighted by Gasteiger charge is -2.13. The van der Waals surface area contributed by atoms with Gasteiger partial charge in [-0.25, -0.2) is 8.42 Å². The molecule has 10 heteroatoms. The van der Waals surface area contributed by atoms with Crippen molar-refractivity contribution in [2.45, 2.75) is 11.1 Å². The van der Waals surface area contributed by atoms with Crippen molar-refractivity contribution < 1.29 is 31.5 Å². The van der Waals surface area contributed by atoms with Crippen LogP contribution in [0.4, 0.5) is 18.9 Å². The second-order valence-electron chi connectivity index (χ2n) is 4.61. The van der Waals surface area contributed by atoms with Crippen molar-refractivity contribution in [1.82, 2.24) is 0 Å². The first-order valence-electron chi connectivity index (χ1n) is 6.22. The Hall–Kier alpha value is -2.26. The van der Waals surface area contributed by atoms with Gasteiger partial charge in [-0.05, 0) is 35.9 Å². The van der Waals surface area contributed by atoms with E-state index in [1.807, 2.05) is 4.72 Å². The fourth-order valence-corrected chi connectivity index (χ4v) is 3.11. The van der Waals surface area contributed by atoms with Gasteiger partial charge in [0.1, 0.15) is 0 Å². The van der Waals surface area contributed by atoms with Crippen LogP contribution in [0.2, 0.25) is 5.02 Å². The lowest BCUT2D eigenvalue weighted by atomic mass is 10.2. The number of sulfonamides is 1. The number of carbonyl (C=O) groups excluding carboxylic acids is 1. The van der Waals surface area contributed by atoms with Crippen LogP contribution < -0.4 is 9.83 Å². The summed E-state index contributed by atoms with van der Waals surface area (Å²) in [6.07, 6.45) is -4.68. The molecule has 0 fully saturated rings. The number of aromatic carboxylic acids is 1. The number of rotatable bonds is 4. The number of carboxylic acids is 1. The highest BCUT2D eigenvalue weighted by Gasteiger charge is 2.31. The summed E-state index contributed by atoms with van der Waals surface area (Å²) in [5.74, 6) is -1.59. The molecule has 0 heterocycles. The number of halogens is 4. The molecular formula is C14H8ClF3NO4S-. The third kappa shape index (κ3) is 3.98. The number of carboxylic acid groups (broad SMARTS) is 1. The SMILES string of the molecule is O=C([O-])c1cccc(S(=O)(=O)Nc2cc(C(F)(F)F)ccc2Cl)c1. The van der Waals surface area contributed by atoms with E-state index in [9.17, 15) is 31.5 Å².